The lowest BCUT2D eigenvalue weighted by molar-refractivity contribution is 0.0573. The van der Waals surface area contributed by atoms with E-state index in [9.17, 15) is 5.11 Å². The number of fused-ring (bicyclic) bond motifs is 1. The number of hydrogen-bond donors (Lipinski definition) is 2. The highest BCUT2D eigenvalue weighted by molar-refractivity contribution is 7.10. The topological polar surface area (TPSA) is 41.5 Å². The molecule has 2 unspecified atom stereocenters. The highest BCUT2D eigenvalue weighted by Gasteiger charge is 2.25. The maximum atomic E-state index is 10.6. The summed E-state index contributed by atoms with van der Waals surface area (Å²) < 4.78 is 5.57. The van der Waals surface area contributed by atoms with Crippen molar-refractivity contribution in [3.05, 3.63) is 51.7 Å². The van der Waals surface area contributed by atoms with Crippen LogP contribution in [-0.2, 0) is 12.0 Å². The second-order valence-corrected chi connectivity index (χ2v) is 7.01. The van der Waals surface area contributed by atoms with Crippen molar-refractivity contribution in [1.29, 1.82) is 0 Å². The minimum absolute atomic E-state index is 0.248. The summed E-state index contributed by atoms with van der Waals surface area (Å²) in [6, 6.07) is 10.7. The lowest BCUT2D eigenvalue weighted by atomic mass is 9.99. The van der Waals surface area contributed by atoms with Crippen LogP contribution in [-0.4, -0.2) is 18.3 Å². The molecule has 0 amide bonds. The summed E-state index contributed by atoms with van der Waals surface area (Å²) in [6.45, 7) is 5.37. The smallest absolute Gasteiger partial charge is 0.122 e. The Morgan fingerprint density at radius 3 is 3.00 bits per heavy atom. The Morgan fingerprint density at radius 2 is 2.27 bits per heavy atom. The normalized spacial score (nSPS) is 17.6. The fourth-order valence-corrected chi connectivity index (χ4v) is 3.70. The predicted molar refractivity (Wildman–Crippen MR) is 90.6 cm³/mol. The molecule has 2 N–H and O–H groups in total. The summed E-state index contributed by atoms with van der Waals surface area (Å²) in [4.78, 5) is 0.997. The average Bonchev–Trinajstić information content (AvgIpc) is 3.19. The average molecular weight is 317 g/mol. The summed E-state index contributed by atoms with van der Waals surface area (Å²) in [5.74, 6) is 1.02. The van der Waals surface area contributed by atoms with E-state index in [0.717, 1.165) is 30.1 Å². The van der Waals surface area contributed by atoms with E-state index in [1.54, 1.807) is 11.3 Å². The second-order valence-electron chi connectivity index (χ2n) is 6.06. The van der Waals surface area contributed by atoms with Gasteiger partial charge in [0.15, 0.2) is 0 Å². The molecule has 0 radical (unpaired) electrons. The zero-order chi connectivity index (χ0) is 15.6. The second kappa shape index (κ2) is 6.41. The molecular weight excluding hydrogens is 294 g/mol. The first kappa shape index (κ1) is 15.5. The molecule has 3 rings (SSSR count). The van der Waals surface area contributed by atoms with Crippen molar-refractivity contribution < 1.29 is 9.84 Å². The van der Waals surface area contributed by atoms with E-state index in [1.165, 1.54) is 11.1 Å². The van der Waals surface area contributed by atoms with Crippen molar-refractivity contribution in [2.24, 2.45) is 0 Å². The minimum Gasteiger partial charge on any atom is -0.493 e. The molecule has 1 aliphatic heterocycles. The number of rotatable bonds is 6. The molecule has 2 atom stereocenters. The van der Waals surface area contributed by atoms with Gasteiger partial charge in [0.25, 0.3) is 0 Å². The maximum absolute atomic E-state index is 10.6. The summed E-state index contributed by atoms with van der Waals surface area (Å²) >= 11 is 1.59. The molecule has 1 aromatic carbocycles. The first-order valence-corrected chi connectivity index (χ1v) is 8.73. The molecule has 22 heavy (non-hydrogen) atoms. The fraction of sp³-hybridized carbons (Fsp3) is 0.444. The van der Waals surface area contributed by atoms with Gasteiger partial charge in [-0.25, -0.2) is 0 Å². The lowest BCUT2D eigenvalue weighted by Crippen LogP contribution is -2.36. The zero-order valence-corrected chi connectivity index (χ0v) is 14.0. The first-order valence-electron chi connectivity index (χ1n) is 7.85. The third-order valence-corrected chi connectivity index (χ3v) is 5.39. The first-order chi connectivity index (χ1) is 10.6. The highest BCUT2D eigenvalue weighted by atomic mass is 32.1. The van der Waals surface area contributed by atoms with E-state index in [0.29, 0.717) is 6.54 Å². The molecule has 0 saturated carbocycles. The molecule has 0 fully saturated rings. The van der Waals surface area contributed by atoms with Crippen molar-refractivity contribution in [2.45, 2.75) is 38.3 Å². The molecule has 1 aromatic heterocycles. The van der Waals surface area contributed by atoms with Gasteiger partial charge in [-0.05, 0) is 42.0 Å². The van der Waals surface area contributed by atoms with Gasteiger partial charge in [-0.1, -0.05) is 25.1 Å². The number of hydrogen-bond acceptors (Lipinski definition) is 4. The van der Waals surface area contributed by atoms with Crippen molar-refractivity contribution >= 4 is 11.3 Å². The van der Waals surface area contributed by atoms with E-state index in [2.05, 4.69) is 30.4 Å². The Balaban J connectivity index is 1.70. The summed E-state index contributed by atoms with van der Waals surface area (Å²) in [5.41, 5.74) is 1.73. The molecular formula is C18H23NO2S. The number of thiophene rings is 1. The van der Waals surface area contributed by atoms with E-state index in [-0.39, 0.29) is 6.04 Å². The molecule has 0 bridgehead atoms. The van der Waals surface area contributed by atoms with Crippen LogP contribution >= 0.6 is 11.3 Å². The molecule has 2 heterocycles. The number of nitrogens with one attached hydrogen (secondary N) is 1. The minimum atomic E-state index is -0.832. The maximum Gasteiger partial charge on any atom is 0.122 e. The van der Waals surface area contributed by atoms with E-state index in [4.69, 9.17) is 4.74 Å². The van der Waals surface area contributed by atoms with Gasteiger partial charge in [-0.3, -0.25) is 0 Å². The Bertz CT molecular complexity index is 622. The van der Waals surface area contributed by atoms with Crippen LogP contribution in [0.3, 0.4) is 0 Å². The van der Waals surface area contributed by atoms with E-state index in [1.807, 2.05) is 24.4 Å². The monoisotopic (exact) mass is 317 g/mol. The van der Waals surface area contributed by atoms with Crippen LogP contribution in [0, 0.1) is 0 Å². The fourth-order valence-electron chi connectivity index (χ4n) is 2.92. The third-order valence-electron chi connectivity index (χ3n) is 4.27. The predicted octanol–water partition coefficient (Wildman–Crippen LogP) is 3.63. The zero-order valence-electron chi connectivity index (χ0n) is 13.1. The molecule has 0 saturated heterocycles. The number of ether oxygens (including phenoxy) is 1. The largest absolute Gasteiger partial charge is 0.493 e. The summed E-state index contributed by atoms with van der Waals surface area (Å²) in [5, 5.41) is 16.2. The van der Waals surface area contributed by atoms with E-state index >= 15 is 0 Å². The van der Waals surface area contributed by atoms with Gasteiger partial charge in [0.2, 0.25) is 0 Å². The van der Waals surface area contributed by atoms with Crippen LogP contribution in [0.4, 0.5) is 0 Å². The van der Waals surface area contributed by atoms with Gasteiger partial charge in [0, 0.05) is 23.9 Å². The summed E-state index contributed by atoms with van der Waals surface area (Å²) in [6.07, 6.45) is 1.98. The molecule has 118 valence electrons. The molecule has 1 aliphatic rings. The van der Waals surface area contributed by atoms with Crippen molar-refractivity contribution in [1.82, 2.24) is 5.32 Å². The Hall–Kier alpha value is -1.36. The highest BCUT2D eigenvalue weighted by Crippen LogP contribution is 2.30. The van der Waals surface area contributed by atoms with Crippen LogP contribution in [0.5, 0.6) is 5.75 Å². The van der Waals surface area contributed by atoms with Gasteiger partial charge >= 0.3 is 0 Å². The number of benzene rings is 1. The molecule has 0 spiro atoms. The Morgan fingerprint density at radius 1 is 1.41 bits per heavy atom. The van der Waals surface area contributed by atoms with Gasteiger partial charge in [-0.2, -0.15) is 0 Å². The van der Waals surface area contributed by atoms with Crippen LogP contribution in [0.25, 0.3) is 0 Å². The van der Waals surface area contributed by atoms with Crippen LogP contribution in [0.1, 0.15) is 42.3 Å². The van der Waals surface area contributed by atoms with Crippen LogP contribution in [0.15, 0.2) is 35.7 Å². The SMILES string of the molecule is CCC(NCC(C)(O)c1cccs1)c1ccc2c(c1)CCO2. The van der Waals surface area contributed by atoms with Gasteiger partial charge in [0.1, 0.15) is 11.4 Å². The van der Waals surface area contributed by atoms with E-state index < -0.39 is 5.60 Å². The van der Waals surface area contributed by atoms with Crippen molar-refractivity contribution in [3.63, 3.8) is 0 Å². The number of aliphatic hydroxyl groups is 1. The molecule has 4 heteroatoms. The Labute approximate surface area is 136 Å². The standard InChI is InChI=1S/C18H23NO2S/c1-3-15(13-6-7-16-14(11-13)8-9-21-16)19-12-18(2,20)17-5-4-10-22-17/h4-7,10-11,15,19-20H,3,8-9,12H2,1-2H3. The van der Waals surface area contributed by atoms with Gasteiger partial charge < -0.3 is 15.2 Å². The van der Waals surface area contributed by atoms with Crippen molar-refractivity contribution in [3.8, 4) is 5.75 Å². The van der Waals surface area contributed by atoms with Crippen LogP contribution < -0.4 is 10.1 Å². The molecule has 0 aliphatic carbocycles. The van der Waals surface area contributed by atoms with Crippen LogP contribution in [0.2, 0.25) is 0 Å². The van der Waals surface area contributed by atoms with Gasteiger partial charge in [0.05, 0.1) is 6.61 Å². The third kappa shape index (κ3) is 3.19. The summed E-state index contributed by atoms with van der Waals surface area (Å²) in [7, 11) is 0. The lowest BCUT2D eigenvalue weighted by Gasteiger charge is -2.26. The Kier molecular flexibility index (Phi) is 4.52. The van der Waals surface area contributed by atoms with Gasteiger partial charge in [-0.15, -0.1) is 11.3 Å². The molecule has 2 aromatic rings. The quantitative estimate of drug-likeness (QED) is 0.855. The molecule has 3 nitrogen and oxygen atoms in total. The van der Waals surface area contributed by atoms with Crippen molar-refractivity contribution in [2.75, 3.05) is 13.2 Å².